The summed E-state index contributed by atoms with van der Waals surface area (Å²) in [6.07, 6.45) is 8.36. The SMILES string of the molecule is O=[Si]1CCCCC1[SiH]1CCCCC1. The van der Waals surface area contributed by atoms with Crippen LogP contribution in [-0.2, 0) is 4.46 Å². The van der Waals surface area contributed by atoms with E-state index in [0.29, 0.717) is 0 Å². The Morgan fingerprint density at radius 2 is 1.77 bits per heavy atom. The summed E-state index contributed by atoms with van der Waals surface area (Å²) in [4.78, 5) is 0. The first-order valence-corrected chi connectivity index (χ1v) is 9.90. The Bertz CT molecular complexity index is 187. The van der Waals surface area contributed by atoms with Crippen molar-refractivity contribution in [2.24, 2.45) is 0 Å². The molecular weight excluding hydrogens is 192 g/mol. The summed E-state index contributed by atoms with van der Waals surface area (Å²) in [5.74, 6) is 0. The molecule has 2 fully saturated rings. The fourth-order valence-corrected chi connectivity index (χ4v) is 11.6. The van der Waals surface area contributed by atoms with Crippen molar-refractivity contribution in [1.82, 2.24) is 0 Å². The summed E-state index contributed by atoms with van der Waals surface area (Å²) in [6.45, 7) is 0. The van der Waals surface area contributed by atoms with E-state index in [2.05, 4.69) is 0 Å². The van der Waals surface area contributed by atoms with Crippen LogP contribution in [0, 0.1) is 0 Å². The molecule has 2 rings (SSSR count). The third kappa shape index (κ3) is 2.37. The van der Waals surface area contributed by atoms with E-state index in [1.165, 1.54) is 50.6 Å². The molecule has 1 nitrogen and oxygen atoms in total. The number of rotatable bonds is 1. The van der Waals surface area contributed by atoms with Gasteiger partial charge in [0.2, 0.25) is 0 Å². The third-order valence-electron chi connectivity index (χ3n) is 3.82. The molecule has 0 aliphatic carbocycles. The van der Waals surface area contributed by atoms with Gasteiger partial charge in [-0.3, -0.25) is 0 Å². The van der Waals surface area contributed by atoms with Crippen molar-refractivity contribution in [1.29, 1.82) is 0 Å². The van der Waals surface area contributed by atoms with Crippen molar-refractivity contribution >= 4 is 17.5 Å². The molecule has 2 heterocycles. The highest BCUT2D eigenvalue weighted by Gasteiger charge is 2.33. The van der Waals surface area contributed by atoms with Gasteiger partial charge in [-0.05, 0) is 24.1 Å². The lowest BCUT2D eigenvalue weighted by atomic mass is 10.2. The Balaban J connectivity index is 1.92. The summed E-state index contributed by atoms with van der Waals surface area (Å²) >= 11 is 0. The maximum absolute atomic E-state index is 11.9. The molecule has 3 heteroatoms. The van der Waals surface area contributed by atoms with Gasteiger partial charge in [0, 0.05) is 8.80 Å². The van der Waals surface area contributed by atoms with Crippen LogP contribution in [0.3, 0.4) is 0 Å². The highest BCUT2D eigenvalue weighted by atomic mass is 28.3. The van der Waals surface area contributed by atoms with Crippen LogP contribution in [0.15, 0.2) is 0 Å². The van der Waals surface area contributed by atoms with Gasteiger partial charge in [-0.15, -0.1) is 0 Å². The molecule has 0 radical (unpaired) electrons. The standard InChI is InChI=1S/C10H20OSi2/c11-13-9-5-2-6-10(13)12-7-3-1-4-8-12/h10,12H,1-9H2. The number of hydrogen-bond acceptors (Lipinski definition) is 1. The molecule has 1 unspecified atom stereocenters. The highest BCUT2D eigenvalue weighted by Crippen LogP contribution is 2.34. The van der Waals surface area contributed by atoms with Crippen LogP contribution in [0.25, 0.3) is 0 Å². The van der Waals surface area contributed by atoms with Crippen molar-refractivity contribution in [2.45, 2.75) is 61.8 Å². The molecule has 0 amide bonds. The molecular formula is C10H20OSi2. The lowest BCUT2D eigenvalue weighted by Gasteiger charge is -2.29. The molecule has 0 aromatic carbocycles. The largest absolute Gasteiger partial charge is 0.388 e. The zero-order valence-corrected chi connectivity index (χ0v) is 10.6. The molecule has 1 atom stereocenters. The first kappa shape index (κ1) is 9.78. The van der Waals surface area contributed by atoms with E-state index in [9.17, 15) is 4.46 Å². The average Bonchev–Trinajstić information content (AvgIpc) is 2.20. The molecule has 2 aliphatic rings. The van der Waals surface area contributed by atoms with Crippen molar-refractivity contribution in [3.8, 4) is 0 Å². The quantitative estimate of drug-likeness (QED) is 0.611. The van der Waals surface area contributed by atoms with Crippen LogP contribution < -0.4 is 0 Å². The highest BCUT2D eigenvalue weighted by molar-refractivity contribution is 6.74. The van der Waals surface area contributed by atoms with Crippen molar-refractivity contribution in [2.75, 3.05) is 0 Å². The van der Waals surface area contributed by atoms with Gasteiger partial charge in [0.1, 0.15) is 0 Å². The minimum atomic E-state index is -1.12. The maximum Gasteiger partial charge on any atom is 0.276 e. The van der Waals surface area contributed by atoms with Crippen LogP contribution in [0.1, 0.15) is 38.5 Å². The summed E-state index contributed by atoms with van der Waals surface area (Å²) in [5, 5.41) is 0.791. The Kier molecular flexibility index (Phi) is 3.49. The molecule has 0 bridgehead atoms. The zero-order chi connectivity index (χ0) is 9.10. The average molecular weight is 212 g/mol. The van der Waals surface area contributed by atoms with Crippen LogP contribution >= 0.6 is 0 Å². The monoisotopic (exact) mass is 212 g/mol. The van der Waals surface area contributed by atoms with Gasteiger partial charge in [-0.1, -0.05) is 37.8 Å². The molecule has 2 aliphatic heterocycles. The Morgan fingerprint density at radius 3 is 2.46 bits per heavy atom. The minimum absolute atomic E-state index is 0.533. The molecule has 0 aromatic heterocycles. The van der Waals surface area contributed by atoms with E-state index < -0.39 is 17.5 Å². The molecule has 0 saturated carbocycles. The third-order valence-corrected chi connectivity index (χ3v) is 12.1. The minimum Gasteiger partial charge on any atom is -0.388 e. The fraction of sp³-hybridized carbons (Fsp3) is 1.00. The molecule has 0 spiro atoms. The second kappa shape index (κ2) is 4.64. The fourth-order valence-electron chi connectivity index (χ4n) is 3.04. The van der Waals surface area contributed by atoms with Crippen LogP contribution in [0.2, 0.25) is 23.3 Å². The van der Waals surface area contributed by atoms with Crippen LogP contribution in [0.4, 0.5) is 0 Å². The second-order valence-electron chi connectivity index (χ2n) is 4.72. The predicted octanol–water partition coefficient (Wildman–Crippen LogP) is 2.91. The van der Waals surface area contributed by atoms with Crippen molar-refractivity contribution < 1.29 is 4.46 Å². The topological polar surface area (TPSA) is 17.1 Å². The Hall–Kier alpha value is 0.234. The van der Waals surface area contributed by atoms with Crippen molar-refractivity contribution in [3.63, 3.8) is 0 Å². The summed E-state index contributed by atoms with van der Waals surface area (Å²) in [5.41, 5.74) is 0. The van der Waals surface area contributed by atoms with E-state index in [-0.39, 0.29) is 0 Å². The van der Waals surface area contributed by atoms with Crippen LogP contribution in [0.5, 0.6) is 0 Å². The molecule has 74 valence electrons. The lowest BCUT2D eigenvalue weighted by molar-refractivity contribution is 0.529. The summed E-state index contributed by atoms with van der Waals surface area (Å²) in [6, 6.07) is 4.13. The Morgan fingerprint density at radius 1 is 1.00 bits per heavy atom. The van der Waals surface area contributed by atoms with Gasteiger partial charge >= 0.3 is 0 Å². The normalized spacial score (nSPS) is 32.0. The van der Waals surface area contributed by atoms with Crippen LogP contribution in [-0.4, -0.2) is 17.5 Å². The lowest BCUT2D eigenvalue weighted by Crippen LogP contribution is -2.32. The van der Waals surface area contributed by atoms with Gasteiger partial charge in [0.05, 0.1) is 0 Å². The second-order valence-corrected chi connectivity index (χ2v) is 11.0. The maximum atomic E-state index is 11.9. The van der Waals surface area contributed by atoms with Gasteiger partial charge in [0.15, 0.2) is 0 Å². The first-order chi connectivity index (χ1) is 6.38. The number of hydrogen-bond donors (Lipinski definition) is 0. The van der Waals surface area contributed by atoms with Gasteiger partial charge in [-0.25, -0.2) is 0 Å². The molecule has 13 heavy (non-hydrogen) atoms. The van der Waals surface area contributed by atoms with Gasteiger partial charge < -0.3 is 4.46 Å². The zero-order valence-electron chi connectivity index (χ0n) is 8.43. The Labute approximate surface area is 84.2 Å². The van der Waals surface area contributed by atoms with Gasteiger partial charge in [0.25, 0.3) is 8.68 Å². The molecule has 2 saturated heterocycles. The molecule has 0 aromatic rings. The van der Waals surface area contributed by atoms with E-state index >= 15 is 0 Å². The van der Waals surface area contributed by atoms with E-state index in [4.69, 9.17) is 0 Å². The van der Waals surface area contributed by atoms with Crippen molar-refractivity contribution in [3.05, 3.63) is 0 Å². The summed E-state index contributed by atoms with van der Waals surface area (Å²) in [7, 11) is -1.65. The van der Waals surface area contributed by atoms with E-state index in [1.54, 1.807) is 0 Å². The smallest absolute Gasteiger partial charge is 0.276 e. The van der Waals surface area contributed by atoms with E-state index in [1.807, 2.05) is 0 Å². The molecule has 0 N–H and O–H groups in total. The predicted molar refractivity (Wildman–Crippen MR) is 59.5 cm³/mol. The van der Waals surface area contributed by atoms with E-state index in [0.717, 1.165) is 11.2 Å². The van der Waals surface area contributed by atoms with Gasteiger partial charge in [-0.2, -0.15) is 0 Å². The first-order valence-electron chi connectivity index (χ1n) is 5.90. The summed E-state index contributed by atoms with van der Waals surface area (Å²) < 4.78 is 11.9.